The van der Waals surface area contributed by atoms with Gasteiger partial charge in [-0.3, -0.25) is 9.59 Å². The molecule has 0 saturated carbocycles. The number of carbonyl (C=O) groups excluding carboxylic acids is 1. The monoisotopic (exact) mass is 327 g/mol. The molecule has 2 aromatic heterocycles. The molecule has 0 spiro atoms. The molecule has 10 heteroatoms. The fraction of sp³-hybridized carbons (Fsp3) is 0.500. The Morgan fingerprint density at radius 2 is 2.41 bits per heavy atom. The van der Waals surface area contributed by atoms with Crippen LogP contribution >= 0.6 is 11.8 Å². The van der Waals surface area contributed by atoms with Gasteiger partial charge >= 0.3 is 0 Å². The van der Waals surface area contributed by atoms with Gasteiger partial charge < -0.3 is 20.1 Å². The average molecular weight is 327 g/mol. The maximum atomic E-state index is 11.9. The summed E-state index contributed by atoms with van der Waals surface area (Å²) in [5.41, 5.74) is 0.0663. The first-order chi connectivity index (χ1) is 10.7. The topological polar surface area (TPSA) is 122 Å². The molecular weight excluding hydrogens is 310 g/mol. The van der Waals surface area contributed by atoms with Crippen LogP contribution in [0.25, 0.3) is 11.0 Å². The number of aliphatic hydroxyl groups excluding tert-OH is 1. The zero-order chi connectivity index (χ0) is 15.9. The fourth-order valence-electron chi connectivity index (χ4n) is 1.75. The summed E-state index contributed by atoms with van der Waals surface area (Å²) in [7, 11) is 1.56. The molecule has 0 radical (unpaired) electrons. The first-order valence-electron chi connectivity index (χ1n) is 6.61. The van der Waals surface area contributed by atoms with Gasteiger partial charge in [-0.2, -0.15) is 5.10 Å². The Morgan fingerprint density at radius 3 is 3.14 bits per heavy atom. The molecule has 0 aliphatic rings. The third-order valence-corrected chi connectivity index (χ3v) is 3.64. The van der Waals surface area contributed by atoms with Crippen molar-refractivity contribution in [2.45, 2.75) is 11.7 Å². The van der Waals surface area contributed by atoms with Crippen molar-refractivity contribution in [3.8, 4) is 0 Å². The summed E-state index contributed by atoms with van der Waals surface area (Å²) in [5.74, 6) is -0.0413. The summed E-state index contributed by atoms with van der Waals surface area (Å²) in [6, 6.07) is 0. The summed E-state index contributed by atoms with van der Waals surface area (Å²) in [5, 5.41) is 16.3. The first kappa shape index (κ1) is 16.5. The molecule has 0 atom stereocenters. The van der Waals surface area contributed by atoms with Crippen LogP contribution in [-0.2, 0) is 16.1 Å². The van der Waals surface area contributed by atoms with Gasteiger partial charge in [0.2, 0.25) is 5.91 Å². The van der Waals surface area contributed by atoms with E-state index in [0.717, 1.165) is 11.8 Å². The summed E-state index contributed by atoms with van der Waals surface area (Å²) >= 11 is 1.12. The summed E-state index contributed by atoms with van der Waals surface area (Å²) in [4.78, 5) is 30.4. The Kier molecular flexibility index (Phi) is 5.92. The lowest BCUT2D eigenvalue weighted by Crippen LogP contribution is -2.28. The highest BCUT2D eigenvalue weighted by Crippen LogP contribution is 2.14. The molecule has 0 aliphatic carbocycles. The third kappa shape index (κ3) is 4.06. The number of amides is 1. The first-order valence-corrected chi connectivity index (χ1v) is 7.59. The molecule has 3 N–H and O–H groups in total. The minimum absolute atomic E-state index is 0.102. The minimum Gasteiger partial charge on any atom is -0.394 e. The van der Waals surface area contributed by atoms with E-state index in [0.29, 0.717) is 29.3 Å². The highest BCUT2D eigenvalue weighted by Gasteiger charge is 2.11. The number of ether oxygens (including phenoxy) is 1. The van der Waals surface area contributed by atoms with Crippen LogP contribution in [0.15, 0.2) is 16.1 Å². The number of hydrogen-bond donors (Lipinski definition) is 3. The van der Waals surface area contributed by atoms with E-state index in [2.05, 4.69) is 20.4 Å². The van der Waals surface area contributed by atoms with E-state index in [4.69, 9.17) is 9.84 Å². The quantitative estimate of drug-likeness (QED) is 0.322. The molecule has 22 heavy (non-hydrogen) atoms. The maximum absolute atomic E-state index is 11.9. The predicted octanol–water partition coefficient (Wildman–Crippen LogP) is -1.03. The molecule has 2 heterocycles. The molecule has 120 valence electrons. The van der Waals surface area contributed by atoms with Crippen LogP contribution in [-0.4, -0.2) is 63.4 Å². The van der Waals surface area contributed by atoms with Gasteiger partial charge in [0.1, 0.15) is 5.39 Å². The van der Waals surface area contributed by atoms with Crippen molar-refractivity contribution in [3.63, 3.8) is 0 Å². The standard InChI is InChI=1S/C12H17N5O4S/c1-21-5-2-13-9(19)7-22-12-15-10-8(11(20)16-12)6-14-17(10)3-4-18/h6,18H,2-5,7H2,1H3,(H,13,19)(H,15,16,20). The fourth-order valence-corrected chi connectivity index (χ4v) is 2.44. The number of hydrogen-bond acceptors (Lipinski definition) is 7. The van der Waals surface area contributed by atoms with Crippen molar-refractivity contribution in [1.29, 1.82) is 0 Å². The summed E-state index contributed by atoms with van der Waals surface area (Å²) in [6.07, 6.45) is 1.41. The number of aromatic amines is 1. The van der Waals surface area contributed by atoms with Gasteiger partial charge in [0.15, 0.2) is 10.8 Å². The van der Waals surface area contributed by atoms with Crippen molar-refractivity contribution in [2.75, 3.05) is 32.6 Å². The van der Waals surface area contributed by atoms with Crippen molar-refractivity contribution < 1.29 is 14.6 Å². The number of aromatic nitrogens is 4. The second-order valence-electron chi connectivity index (χ2n) is 4.33. The van der Waals surface area contributed by atoms with Crippen LogP contribution in [0.4, 0.5) is 0 Å². The Balaban J connectivity index is 2.06. The molecule has 1 amide bonds. The Labute approximate surface area is 130 Å². The summed E-state index contributed by atoms with van der Waals surface area (Å²) in [6.45, 7) is 1.02. The van der Waals surface area contributed by atoms with Gasteiger partial charge in [-0.15, -0.1) is 0 Å². The predicted molar refractivity (Wildman–Crippen MR) is 80.8 cm³/mol. The van der Waals surface area contributed by atoms with Gasteiger partial charge in [0.25, 0.3) is 5.56 Å². The average Bonchev–Trinajstić information content (AvgIpc) is 2.90. The van der Waals surface area contributed by atoms with Crippen LogP contribution in [0.2, 0.25) is 0 Å². The largest absolute Gasteiger partial charge is 0.394 e. The molecule has 0 fully saturated rings. The van der Waals surface area contributed by atoms with E-state index >= 15 is 0 Å². The lowest BCUT2D eigenvalue weighted by molar-refractivity contribution is -0.118. The molecule has 0 aliphatic heterocycles. The Hall–Kier alpha value is -1.91. The number of rotatable bonds is 8. The van der Waals surface area contributed by atoms with Crippen LogP contribution in [0.3, 0.4) is 0 Å². The van der Waals surface area contributed by atoms with E-state index < -0.39 is 0 Å². The molecule has 0 unspecified atom stereocenters. The lowest BCUT2D eigenvalue weighted by atomic mass is 10.4. The van der Waals surface area contributed by atoms with Gasteiger partial charge in [-0.1, -0.05) is 11.8 Å². The van der Waals surface area contributed by atoms with Crippen LogP contribution in [0.5, 0.6) is 0 Å². The molecule has 9 nitrogen and oxygen atoms in total. The zero-order valence-electron chi connectivity index (χ0n) is 12.0. The van der Waals surface area contributed by atoms with Crippen LogP contribution < -0.4 is 10.9 Å². The molecule has 0 bridgehead atoms. The van der Waals surface area contributed by atoms with Crippen molar-refractivity contribution >= 4 is 28.7 Å². The van der Waals surface area contributed by atoms with E-state index in [1.807, 2.05) is 0 Å². The van der Waals surface area contributed by atoms with Crippen LogP contribution in [0.1, 0.15) is 0 Å². The van der Waals surface area contributed by atoms with Gasteiger partial charge in [-0.05, 0) is 0 Å². The maximum Gasteiger partial charge on any atom is 0.262 e. The molecule has 0 saturated heterocycles. The van der Waals surface area contributed by atoms with Crippen molar-refractivity contribution in [1.82, 2.24) is 25.1 Å². The van der Waals surface area contributed by atoms with Gasteiger partial charge in [0, 0.05) is 13.7 Å². The van der Waals surface area contributed by atoms with E-state index in [-0.39, 0.29) is 30.4 Å². The summed E-state index contributed by atoms with van der Waals surface area (Å²) < 4.78 is 6.29. The third-order valence-electron chi connectivity index (χ3n) is 2.76. The second-order valence-corrected chi connectivity index (χ2v) is 5.30. The normalized spacial score (nSPS) is 11.0. The van der Waals surface area contributed by atoms with Crippen LogP contribution in [0, 0.1) is 0 Å². The number of nitrogens with one attached hydrogen (secondary N) is 2. The minimum atomic E-state index is -0.323. The molecule has 2 rings (SSSR count). The zero-order valence-corrected chi connectivity index (χ0v) is 12.9. The SMILES string of the molecule is COCCNC(=O)CSc1nc2c(cnn2CCO)c(=O)[nH]1. The van der Waals surface area contributed by atoms with E-state index in [1.54, 1.807) is 7.11 Å². The smallest absolute Gasteiger partial charge is 0.262 e. The Bertz CT molecular complexity index is 698. The van der Waals surface area contributed by atoms with E-state index in [9.17, 15) is 9.59 Å². The highest BCUT2D eigenvalue weighted by atomic mass is 32.2. The number of thioether (sulfide) groups is 1. The number of methoxy groups -OCH3 is 1. The van der Waals surface area contributed by atoms with Gasteiger partial charge in [-0.25, -0.2) is 9.67 Å². The van der Waals surface area contributed by atoms with Crippen molar-refractivity contribution in [2.24, 2.45) is 0 Å². The number of fused-ring (bicyclic) bond motifs is 1. The molecule has 0 aromatic carbocycles. The molecular formula is C12H17N5O4S. The highest BCUT2D eigenvalue weighted by molar-refractivity contribution is 7.99. The number of carbonyl (C=O) groups is 1. The van der Waals surface area contributed by atoms with Gasteiger partial charge in [0.05, 0.1) is 31.7 Å². The lowest BCUT2D eigenvalue weighted by Gasteiger charge is -2.04. The second kappa shape index (κ2) is 7.92. The molecule has 2 aromatic rings. The number of nitrogens with zero attached hydrogens (tertiary/aromatic N) is 3. The number of aliphatic hydroxyl groups is 1. The number of H-pyrrole nitrogens is 1. The van der Waals surface area contributed by atoms with Crippen molar-refractivity contribution in [3.05, 3.63) is 16.6 Å². The van der Waals surface area contributed by atoms with E-state index in [1.165, 1.54) is 10.9 Å². The Morgan fingerprint density at radius 1 is 1.59 bits per heavy atom.